The zero-order valence-corrected chi connectivity index (χ0v) is 18.9. The highest BCUT2D eigenvalue weighted by Gasteiger charge is 2.44. The Hall–Kier alpha value is -1.86. The third-order valence-corrected chi connectivity index (χ3v) is 7.56. The van der Waals surface area contributed by atoms with E-state index in [0.717, 1.165) is 30.7 Å². The fourth-order valence-corrected chi connectivity index (χ4v) is 5.28. The first-order valence-corrected chi connectivity index (χ1v) is 12.2. The van der Waals surface area contributed by atoms with E-state index >= 15 is 0 Å². The summed E-state index contributed by atoms with van der Waals surface area (Å²) in [6, 6.07) is 2.93. The normalized spacial score (nSPS) is 33.5. The van der Waals surface area contributed by atoms with E-state index in [4.69, 9.17) is 9.47 Å². The number of aliphatic hydroxyl groups excluding tert-OH is 6. The average Bonchev–Trinajstić information content (AvgIpc) is 3.27. The van der Waals surface area contributed by atoms with E-state index in [1.807, 2.05) is 0 Å². The van der Waals surface area contributed by atoms with E-state index in [2.05, 4.69) is 9.97 Å². The van der Waals surface area contributed by atoms with Gasteiger partial charge in [0.05, 0.1) is 13.2 Å². The summed E-state index contributed by atoms with van der Waals surface area (Å²) < 4.78 is 12.6. The molecule has 4 heterocycles. The summed E-state index contributed by atoms with van der Waals surface area (Å²) in [5.41, 5.74) is -1.51. The van der Waals surface area contributed by atoms with Gasteiger partial charge in [-0.25, -0.2) is 9.59 Å². The van der Waals surface area contributed by atoms with Crippen molar-refractivity contribution in [2.75, 3.05) is 13.2 Å². The lowest BCUT2D eigenvalue weighted by molar-refractivity contribution is -0.0551. The van der Waals surface area contributed by atoms with Gasteiger partial charge < -0.3 is 40.1 Å². The second-order valence-corrected chi connectivity index (χ2v) is 9.71. The fraction of sp³-hybridized carbons (Fsp3) is 0.556. The highest BCUT2D eigenvalue weighted by molar-refractivity contribution is 8.76. The summed E-state index contributed by atoms with van der Waals surface area (Å²) in [7, 11) is 2.06. The molecule has 0 saturated carbocycles. The first kappa shape index (κ1) is 25.2. The number of hydrogen-bond donors (Lipinski definition) is 6. The van der Waals surface area contributed by atoms with Crippen molar-refractivity contribution >= 4 is 21.6 Å². The van der Waals surface area contributed by atoms with Crippen LogP contribution in [0, 0.1) is 0 Å². The Morgan fingerprint density at radius 1 is 0.735 bits per heavy atom. The summed E-state index contributed by atoms with van der Waals surface area (Å²) in [5, 5.41) is 58.7. The van der Waals surface area contributed by atoms with Gasteiger partial charge in [-0.15, -0.1) is 0 Å². The maximum Gasteiger partial charge on any atom is 0.350 e. The molecule has 0 aliphatic carbocycles. The molecule has 4 rings (SSSR count). The van der Waals surface area contributed by atoms with Crippen molar-refractivity contribution in [3.63, 3.8) is 0 Å². The Bertz CT molecular complexity index is 1040. The van der Waals surface area contributed by atoms with Gasteiger partial charge in [-0.3, -0.25) is 9.13 Å². The molecule has 6 N–H and O–H groups in total. The Labute approximate surface area is 198 Å². The lowest BCUT2D eigenvalue weighted by Gasteiger charge is -2.17. The molecular weight excluding hydrogens is 496 g/mol. The number of nitrogens with zero attached hydrogens (tertiary/aromatic N) is 4. The van der Waals surface area contributed by atoms with Gasteiger partial charge in [-0.05, 0) is 33.7 Å². The van der Waals surface area contributed by atoms with E-state index in [1.165, 1.54) is 24.5 Å². The molecule has 0 unspecified atom stereocenters. The van der Waals surface area contributed by atoms with Gasteiger partial charge in [-0.2, -0.15) is 9.97 Å². The molecule has 16 heteroatoms. The van der Waals surface area contributed by atoms with Crippen LogP contribution in [-0.2, 0) is 9.47 Å². The summed E-state index contributed by atoms with van der Waals surface area (Å²) in [6.45, 7) is -1.05. The predicted octanol–water partition coefficient (Wildman–Crippen LogP) is -3.18. The van der Waals surface area contributed by atoms with Crippen LogP contribution in [0.15, 0.2) is 44.2 Å². The first-order chi connectivity index (χ1) is 16.2. The Kier molecular flexibility index (Phi) is 7.72. The van der Waals surface area contributed by atoms with Gasteiger partial charge in [0.1, 0.15) is 46.7 Å². The molecule has 14 nitrogen and oxygen atoms in total. The van der Waals surface area contributed by atoms with E-state index < -0.39 is 73.7 Å². The van der Waals surface area contributed by atoms with Gasteiger partial charge in [0.15, 0.2) is 12.5 Å². The highest BCUT2D eigenvalue weighted by Crippen LogP contribution is 2.35. The Balaban J connectivity index is 1.42. The van der Waals surface area contributed by atoms with Crippen LogP contribution >= 0.6 is 21.6 Å². The summed E-state index contributed by atoms with van der Waals surface area (Å²) in [6.07, 6.45) is -7.36. The Morgan fingerprint density at radius 3 is 1.41 bits per heavy atom. The number of rotatable bonds is 7. The van der Waals surface area contributed by atoms with Crippen LogP contribution in [0.2, 0.25) is 0 Å². The van der Waals surface area contributed by atoms with Crippen molar-refractivity contribution in [1.82, 2.24) is 19.1 Å². The molecule has 0 bridgehead atoms. The third kappa shape index (κ3) is 4.78. The van der Waals surface area contributed by atoms with Crippen LogP contribution in [0.4, 0.5) is 0 Å². The van der Waals surface area contributed by atoms with Crippen LogP contribution in [0.5, 0.6) is 0 Å². The van der Waals surface area contributed by atoms with Crippen molar-refractivity contribution in [2.24, 2.45) is 0 Å². The van der Waals surface area contributed by atoms with E-state index in [9.17, 15) is 40.2 Å². The lowest BCUT2D eigenvalue weighted by atomic mass is 10.1. The van der Waals surface area contributed by atoms with Gasteiger partial charge in [-0.1, -0.05) is 0 Å². The minimum Gasteiger partial charge on any atom is -0.394 e. The highest BCUT2D eigenvalue weighted by atomic mass is 33.1. The van der Waals surface area contributed by atoms with Crippen LogP contribution in [0.3, 0.4) is 0 Å². The molecule has 186 valence electrons. The number of ether oxygens (including phenoxy) is 2. The van der Waals surface area contributed by atoms with Gasteiger partial charge in [0.25, 0.3) is 0 Å². The second-order valence-electron chi connectivity index (χ2n) is 7.54. The van der Waals surface area contributed by atoms with E-state index in [0.29, 0.717) is 0 Å². The van der Waals surface area contributed by atoms with Crippen molar-refractivity contribution in [2.45, 2.75) is 59.1 Å². The predicted molar refractivity (Wildman–Crippen MR) is 115 cm³/mol. The van der Waals surface area contributed by atoms with Crippen LogP contribution in [0.1, 0.15) is 12.5 Å². The van der Waals surface area contributed by atoms with Crippen molar-refractivity contribution in [1.29, 1.82) is 0 Å². The largest absolute Gasteiger partial charge is 0.394 e. The zero-order chi connectivity index (χ0) is 24.6. The zero-order valence-electron chi connectivity index (χ0n) is 17.3. The van der Waals surface area contributed by atoms with Crippen LogP contribution in [-0.4, -0.2) is 99.6 Å². The maximum atomic E-state index is 12.4. The minimum atomic E-state index is -1.42. The van der Waals surface area contributed by atoms with Crippen LogP contribution in [0.25, 0.3) is 0 Å². The van der Waals surface area contributed by atoms with Gasteiger partial charge >= 0.3 is 11.4 Å². The SMILES string of the molecule is O=c1nc(SSc2ccn([C@H]3O[C@@H](CO)[C@@H](O)[C@H]3O)c(=O)n2)ccn1[C@@H]1O[C@@H](CO)[C@H](O)[C@@H]1O. The third-order valence-electron chi connectivity index (χ3n) is 5.40. The summed E-state index contributed by atoms with van der Waals surface area (Å²) >= 11 is 0. The molecule has 2 saturated heterocycles. The molecule has 0 radical (unpaired) electrons. The van der Waals surface area contributed by atoms with Crippen LogP contribution < -0.4 is 11.4 Å². The average molecular weight is 519 g/mol. The van der Waals surface area contributed by atoms with Crippen molar-refractivity contribution in [3.8, 4) is 0 Å². The molecule has 8 atom stereocenters. The molecule has 0 amide bonds. The van der Waals surface area contributed by atoms with Crippen molar-refractivity contribution in [3.05, 3.63) is 45.5 Å². The molecule has 0 aromatic carbocycles. The molecule has 2 aliphatic heterocycles. The monoisotopic (exact) mass is 518 g/mol. The minimum absolute atomic E-state index is 0.271. The van der Waals surface area contributed by atoms with Gasteiger partial charge in [0.2, 0.25) is 0 Å². The lowest BCUT2D eigenvalue weighted by Crippen LogP contribution is -2.36. The standard InChI is InChI=1S/C18H22N4O10S2/c23-5-7-11(25)13(27)15(31-7)21-3-1-9(19-17(21)29)33-34-10-2-4-22(18(30)20-10)16-14(28)12(26)8(6-24)32-16/h1-4,7-8,11-16,23-28H,5-6H2/t7-,8-,11-,12+,13-,14+,15+,16-/m0/s1. The molecule has 2 aromatic rings. The van der Waals surface area contributed by atoms with E-state index in [1.54, 1.807) is 0 Å². The van der Waals surface area contributed by atoms with Crippen molar-refractivity contribution < 1.29 is 40.1 Å². The maximum absolute atomic E-state index is 12.4. The molecule has 2 fully saturated rings. The summed E-state index contributed by atoms with van der Waals surface area (Å²) in [4.78, 5) is 32.5. The number of hydrogen-bond acceptors (Lipinski definition) is 14. The van der Waals surface area contributed by atoms with E-state index in [-0.39, 0.29) is 10.1 Å². The summed E-state index contributed by atoms with van der Waals surface area (Å²) in [5.74, 6) is 0. The fourth-order valence-electron chi connectivity index (χ4n) is 3.58. The first-order valence-electron chi connectivity index (χ1n) is 10.0. The topological polar surface area (TPSA) is 210 Å². The second kappa shape index (κ2) is 10.4. The van der Waals surface area contributed by atoms with Gasteiger partial charge in [0, 0.05) is 12.4 Å². The molecule has 2 aliphatic rings. The quantitative estimate of drug-likeness (QED) is 0.158. The Morgan fingerprint density at radius 2 is 1.12 bits per heavy atom. The molecule has 0 spiro atoms. The number of aromatic nitrogens is 4. The molecule has 2 aromatic heterocycles. The molecule has 34 heavy (non-hydrogen) atoms. The smallest absolute Gasteiger partial charge is 0.350 e. The number of aliphatic hydroxyl groups is 6. The molecular formula is C18H22N4O10S2.